The van der Waals surface area contributed by atoms with Gasteiger partial charge in [-0.1, -0.05) is 0 Å². The molecule has 0 aliphatic heterocycles. The van der Waals surface area contributed by atoms with Gasteiger partial charge < -0.3 is 5.32 Å². The zero-order chi connectivity index (χ0) is 19.3. The average molecular weight is 362 g/mol. The summed E-state index contributed by atoms with van der Waals surface area (Å²) in [6.45, 7) is 1.33. The normalized spacial score (nSPS) is 10.6. The highest BCUT2D eigenvalue weighted by Crippen LogP contribution is 2.35. The highest BCUT2D eigenvalue weighted by molar-refractivity contribution is 5.96. The molecule has 0 spiro atoms. The molecule has 2 aromatic rings. The smallest absolute Gasteiger partial charge is 0.326 e. The molecule has 2 aromatic carbocycles. The van der Waals surface area contributed by atoms with E-state index in [-0.39, 0.29) is 22.7 Å². The summed E-state index contributed by atoms with van der Waals surface area (Å²) < 4.78 is 39.2. The summed E-state index contributed by atoms with van der Waals surface area (Å²) in [5.74, 6) is -0.943. The standard InChI is InChI=1S/C17H13F3N4O2/c1-10(25)22-13-5-3-12(4-6-13)16(26)24-23-15-7-2-11(9-21)8-14(15)17(18,19)20/h2-8,23H,1H3,(H,22,25)(H,24,26). The monoisotopic (exact) mass is 362 g/mol. The Morgan fingerprint density at radius 3 is 2.27 bits per heavy atom. The number of amides is 2. The number of hydrazine groups is 1. The molecule has 0 saturated heterocycles. The molecule has 6 nitrogen and oxygen atoms in total. The molecule has 0 aromatic heterocycles. The molecule has 0 unspecified atom stereocenters. The number of nitrogens with one attached hydrogen (secondary N) is 3. The van der Waals surface area contributed by atoms with Gasteiger partial charge in [0.1, 0.15) is 0 Å². The van der Waals surface area contributed by atoms with Gasteiger partial charge in [-0.15, -0.1) is 0 Å². The molecule has 2 rings (SSSR count). The van der Waals surface area contributed by atoms with Gasteiger partial charge in [-0.25, -0.2) is 0 Å². The number of nitriles is 1. The van der Waals surface area contributed by atoms with E-state index in [4.69, 9.17) is 5.26 Å². The first kappa shape index (κ1) is 18.8. The Balaban J connectivity index is 2.12. The summed E-state index contributed by atoms with van der Waals surface area (Å²) in [6, 6.07) is 10.4. The van der Waals surface area contributed by atoms with Gasteiger partial charge >= 0.3 is 6.18 Å². The van der Waals surface area contributed by atoms with Crippen LogP contribution in [0.5, 0.6) is 0 Å². The summed E-state index contributed by atoms with van der Waals surface area (Å²) in [4.78, 5) is 23.0. The highest BCUT2D eigenvalue weighted by Gasteiger charge is 2.34. The first-order chi connectivity index (χ1) is 12.2. The van der Waals surface area contributed by atoms with Crippen LogP contribution < -0.4 is 16.2 Å². The van der Waals surface area contributed by atoms with E-state index in [1.54, 1.807) is 6.07 Å². The summed E-state index contributed by atoms with van der Waals surface area (Å²) in [5.41, 5.74) is 3.43. The lowest BCUT2D eigenvalue weighted by Crippen LogP contribution is -2.30. The van der Waals surface area contributed by atoms with Crippen molar-refractivity contribution in [2.75, 3.05) is 10.7 Å². The topological polar surface area (TPSA) is 94.0 Å². The molecule has 0 bridgehead atoms. The molecule has 26 heavy (non-hydrogen) atoms. The third kappa shape index (κ3) is 4.73. The third-order valence-electron chi connectivity index (χ3n) is 3.23. The summed E-state index contributed by atoms with van der Waals surface area (Å²) in [7, 11) is 0. The van der Waals surface area contributed by atoms with Gasteiger partial charge in [0.2, 0.25) is 5.91 Å². The molecule has 0 aliphatic carbocycles. The van der Waals surface area contributed by atoms with Crippen molar-refractivity contribution in [1.29, 1.82) is 5.26 Å². The summed E-state index contributed by atoms with van der Waals surface area (Å²) in [5, 5.41) is 11.3. The quantitative estimate of drug-likeness (QED) is 0.728. The van der Waals surface area contributed by atoms with Crippen LogP contribution in [0.3, 0.4) is 0 Å². The molecule has 0 radical (unpaired) electrons. The number of benzene rings is 2. The Labute approximate surface area is 146 Å². The Morgan fingerprint density at radius 1 is 1.08 bits per heavy atom. The van der Waals surface area contributed by atoms with Gasteiger partial charge in [0.15, 0.2) is 0 Å². The molecule has 0 heterocycles. The number of hydrogen-bond donors (Lipinski definition) is 3. The Kier molecular flexibility index (Phi) is 5.47. The van der Waals surface area contributed by atoms with Gasteiger partial charge in [-0.3, -0.25) is 20.4 Å². The zero-order valence-electron chi connectivity index (χ0n) is 13.4. The van der Waals surface area contributed by atoms with Crippen LogP contribution >= 0.6 is 0 Å². The fourth-order valence-electron chi connectivity index (χ4n) is 2.06. The molecule has 0 fully saturated rings. The highest BCUT2D eigenvalue weighted by atomic mass is 19.4. The van der Waals surface area contributed by atoms with Crippen molar-refractivity contribution in [2.45, 2.75) is 13.1 Å². The Bertz CT molecular complexity index is 871. The van der Waals surface area contributed by atoms with Crippen LogP contribution in [-0.4, -0.2) is 11.8 Å². The lowest BCUT2D eigenvalue weighted by molar-refractivity contribution is -0.137. The van der Waals surface area contributed by atoms with Gasteiger partial charge in [0.25, 0.3) is 5.91 Å². The van der Waals surface area contributed by atoms with Crippen molar-refractivity contribution in [1.82, 2.24) is 5.43 Å². The molecule has 3 N–H and O–H groups in total. The molecule has 0 aliphatic rings. The molecule has 9 heteroatoms. The van der Waals surface area contributed by atoms with Crippen molar-refractivity contribution in [3.05, 3.63) is 59.2 Å². The average Bonchev–Trinajstić information content (AvgIpc) is 2.59. The number of carbonyl (C=O) groups excluding carboxylic acids is 2. The molecule has 134 valence electrons. The van der Waals surface area contributed by atoms with Gasteiger partial charge in [-0.05, 0) is 42.5 Å². The summed E-state index contributed by atoms with van der Waals surface area (Å²) in [6.07, 6.45) is -4.69. The second kappa shape index (κ2) is 7.57. The van der Waals surface area contributed by atoms with E-state index in [2.05, 4.69) is 16.2 Å². The predicted molar refractivity (Wildman–Crippen MR) is 88.0 cm³/mol. The Morgan fingerprint density at radius 2 is 1.73 bits per heavy atom. The second-order valence-corrected chi connectivity index (χ2v) is 5.21. The maximum Gasteiger partial charge on any atom is 0.418 e. The minimum atomic E-state index is -4.69. The maximum absolute atomic E-state index is 13.1. The lowest BCUT2D eigenvalue weighted by atomic mass is 10.1. The molecular weight excluding hydrogens is 349 g/mol. The van der Waals surface area contributed by atoms with Crippen molar-refractivity contribution in [3.8, 4) is 6.07 Å². The van der Waals surface area contributed by atoms with Gasteiger partial charge in [-0.2, -0.15) is 18.4 Å². The number of rotatable bonds is 4. The van der Waals surface area contributed by atoms with E-state index in [9.17, 15) is 22.8 Å². The SMILES string of the molecule is CC(=O)Nc1ccc(C(=O)NNc2ccc(C#N)cc2C(F)(F)F)cc1. The third-order valence-corrected chi connectivity index (χ3v) is 3.23. The first-order valence-electron chi connectivity index (χ1n) is 7.26. The van der Waals surface area contributed by atoms with Crippen molar-refractivity contribution < 1.29 is 22.8 Å². The number of nitrogens with zero attached hydrogens (tertiary/aromatic N) is 1. The van der Waals surface area contributed by atoms with Crippen LogP contribution in [0.4, 0.5) is 24.5 Å². The minimum Gasteiger partial charge on any atom is -0.326 e. The van der Waals surface area contributed by atoms with Crippen LogP contribution in [0.1, 0.15) is 28.4 Å². The summed E-state index contributed by atoms with van der Waals surface area (Å²) >= 11 is 0. The van der Waals surface area contributed by atoms with Crippen molar-refractivity contribution >= 4 is 23.2 Å². The number of alkyl halides is 3. The number of hydrogen-bond acceptors (Lipinski definition) is 4. The molecule has 0 saturated carbocycles. The van der Waals surface area contributed by atoms with E-state index in [0.29, 0.717) is 11.8 Å². The van der Waals surface area contributed by atoms with E-state index in [0.717, 1.165) is 6.07 Å². The molecular formula is C17H13F3N4O2. The van der Waals surface area contributed by atoms with Crippen molar-refractivity contribution in [2.24, 2.45) is 0 Å². The first-order valence-corrected chi connectivity index (χ1v) is 7.26. The predicted octanol–water partition coefficient (Wildman–Crippen LogP) is 3.29. The number of halogens is 3. The van der Waals surface area contributed by atoms with Crippen LogP contribution in [0, 0.1) is 11.3 Å². The minimum absolute atomic E-state index is 0.150. The zero-order valence-corrected chi connectivity index (χ0v) is 13.4. The van der Waals surface area contributed by atoms with E-state index in [1.165, 1.54) is 37.3 Å². The number of carbonyl (C=O) groups is 2. The van der Waals surface area contributed by atoms with E-state index >= 15 is 0 Å². The molecule has 0 atom stereocenters. The van der Waals surface area contributed by atoms with Gasteiger partial charge in [0, 0.05) is 18.2 Å². The fraction of sp³-hybridized carbons (Fsp3) is 0.118. The maximum atomic E-state index is 13.1. The lowest BCUT2D eigenvalue weighted by Gasteiger charge is -2.15. The van der Waals surface area contributed by atoms with E-state index < -0.39 is 17.6 Å². The van der Waals surface area contributed by atoms with E-state index in [1.807, 2.05) is 0 Å². The Hall–Kier alpha value is -3.54. The van der Waals surface area contributed by atoms with Crippen LogP contribution in [0.25, 0.3) is 0 Å². The number of anilines is 2. The largest absolute Gasteiger partial charge is 0.418 e. The second-order valence-electron chi connectivity index (χ2n) is 5.21. The van der Waals surface area contributed by atoms with Gasteiger partial charge in [0.05, 0.1) is 22.9 Å². The van der Waals surface area contributed by atoms with Crippen LogP contribution in [0.2, 0.25) is 0 Å². The fourth-order valence-corrected chi connectivity index (χ4v) is 2.06. The van der Waals surface area contributed by atoms with Crippen molar-refractivity contribution in [3.63, 3.8) is 0 Å². The molecule has 2 amide bonds. The van der Waals surface area contributed by atoms with Crippen LogP contribution in [0.15, 0.2) is 42.5 Å². The van der Waals surface area contributed by atoms with Crippen LogP contribution in [-0.2, 0) is 11.0 Å².